The van der Waals surface area contributed by atoms with Crippen molar-refractivity contribution in [3.8, 4) is 23.0 Å². The largest absolute Gasteiger partial charge is 0.493 e. The van der Waals surface area contributed by atoms with Crippen LogP contribution in [0.2, 0.25) is 0 Å². The normalized spacial score (nSPS) is 10.7. The molecule has 0 bridgehead atoms. The minimum Gasteiger partial charge on any atom is -0.493 e. The van der Waals surface area contributed by atoms with E-state index < -0.39 is 0 Å². The molecule has 5 heteroatoms. The third-order valence-electron chi connectivity index (χ3n) is 3.64. The number of hydrogen-bond acceptors (Lipinski definition) is 5. The lowest BCUT2D eigenvalue weighted by Gasteiger charge is -2.10. The second-order valence-electron chi connectivity index (χ2n) is 5.06. The minimum atomic E-state index is 0.663. The van der Waals surface area contributed by atoms with Crippen molar-refractivity contribution in [3.05, 3.63) is 47.5 Å². The Bertz CT molecular complexity index is 698. The number of hydrogen-bond donors (Lipinski definition) is 0. The van der Waals surface area contributed by atoms with Crippen molar-refractivity contribution in [2.24, 2.45) is 4.99 Å². The summed E-state index contributed by atoms with van der Waals surface area (Å²) in [5.41, 5.74) is 2.03. The van der Waals surface area contributed by atoms with Gasteiger partial charge >= 0.3 is 0 Å². The van der Waals surface area contributed by atoms with Gasteiger partial charge in [0.1, 0.15) is 0 Å². The zero-order valence-corrected chi connectivity index (χ0v) is 14.5. The van der Waals surface area contributed by atoms with Crippen molar-refractivity contribution in [3.63, 3.8) is 0 Å². The maximum Gasteiger partial charge on any atom is 0.169 e. The molecule has 128 valence electrons. The van der Waals surface area contributed by atoms with Gasteiger partial charge in [-0.15, -0.1) is 0 Å². The Morgan fingerprint density at radius 1 is 0.833 bits per heavy atom. The highest BCUT2D eigenvalue weighted by Gasteiger charge is 2.07. The lowest BCUT2D eigenvalue weighted by Crippen LogP contribution is -1.97. The van der Waals surface area contributed by atoms with Gasteiger partial charge in [0, 0.05) is 18.3 Å². The molecule has 0 radical (unpaired) electrons. The fourth-order valence-electron chi connectivity index (χ4n) is 2.41. The number of aliphatic imine (C=N–C) groups is 1. The van der Waals surface area contributed by atoms with Gasteiger partial charge in [0.15, 0.2) is 23.0 Å². The summed E-state index contributed by atoms with van der Waals surface area (Å²) in [5.74, 6) is 2.84. The van der Waals surface area contributed by atoms with Gasteiger partial charge in [-0.1, -0.05) is 12.1 Å². The fraction of sp³-hybridized carbons (Fsp3) is 0.316. The Morgan fingerprint density at radius 2 is 1.58 bits per heavy atom. The molecule has 0 amide bonds. The molecule has 0 saturated carbocycles. The number of benzene rings is 2. The summed E-state index contributed by atoms with van der Waals surface area (Å²) in [7, 11) is 6.51. The Morgan fingerprint density at radius 3 is 2.25 bits per heavy atom. The number of rotatable bonds is 8. The molecule has 0 aliphatic rings. The molecule has 0 spiro atoms. The first-order valence-electron chi connectivity index (χ1n) is 7.65. The van der Waals surface area contributed by atoms with Crippen LogP contribution < -0.4 is 18.9 Å². The van der Waals surface area contributed by atoms with Crippen molar-refractivity contribution in [2.45, 2.75) is 6.42 Å². The molecule has 0 aromatic heterocycles. The van der Waals surface area contributed by atoms with Crippen molar-refractivity contribution >= 4 is 6.21 Å². The van der Waals surface area contributed by atoms with Crippen LogP contribution in [0.15, 0.2) is 41.4 Å². The Hall–Kier alpha value is -2.69. The van der Waals surface area contributed by atoms with Crippen LogP contribution >= 0.6 is 0 Å². The van der Waals surface area contributed by atoms with E-state index in [0.29, 0.717) is 18.0 Å². The highest BCUT2D eigenvalue weighted by molar-refractivity contribution is 5.85. The molecule has 0 fully saturated rings. The summed E-state index contributed by atoms with van der Waals surface area (Å²) in [6.07, 6.45) is 2.62. The van der Waals surface area contributed by atoms with Crippen molar-refractivity contribution < 1.29 is 18.9 Å². The quantitative estimate of drug-likeness (QED) is 0.697. The van der Waals surface area contributed by atoms with E-state index in [1.807, 2.05) is 42.6 Å². The van der Waals surface area contributed by atoms with Crippen LogP contribution in [-0.4, -0.2) is 41.2 Å². The molecule has 0 heterocycles. The molecule has 2 rings (SSSR count). The van der Waals surface area contributed by atoms with Gasteiger partial charge in [-0.3, -0.25) is 4.99 Å². The smallest absolute Gasteiger partial charge is 0.169 e. The first-order valence-corrected chi connectivity index (χ1v) is 7.65. The van der Waals surface area contributed by atoms with E-state index in [2.05, 4.69) is 4.99 Å². The van der Waals surface area contributed by atoms with Crippen molar-refractivity contribution in [1.29, 1.82) is 0 Å². The highest BCUT2D eigenvalue weighted by atomic mass is 16.5. The summed E-state index contributed by atoms with van der Waals surface area (Å²) in [5, 5.41) is 0. The zero-order valence-electron chi connectivity index (χ0n) is 14.5. The molecular formula is C19H23NO4. The fourth-order valence-corrected chi connectivity index (χ4v) is 2.41. The third-order valence-corrected chi connectivity index (χ3v) is 3.64. The van der Waals surface area contributed by atoms with Crippen LogP contribution in [0.25, 0.3) is 0 Å². The summed E-state index contributed by atoms with van der Waals surface area (Å²) >= 11 is 0. The first kappa shape index (κ1) is 17.7. The summed E-state index contributed by atoms with van der Waals surface area (Å²) in [6.45, 7) is 0.663. The number of nitrogens with zero attached hydrogens (tertiary/aromatic N) is 1. The number of methoxy groups -OCH3 is 4. The average molecular weight is 329 g/mol. The van der Waals surface area contributed by atoms with E-state index in [4.69, 9.17) is 18.9 Å². The van der Waals surface area contributed by atoms with Gasteiger partial charge in [0.25, 0.3) is 0 Å². The van der Waals surface area contributed by atoms with E-state index in [-0.39, 0.29) is 0 Å². The van der Waals surface area contributed by atoms with E-state index in [1.165, 1.54) is 0 Å². The molecule has 0 aliphatic heterocycles. The molecule has 0 saturated heterocycles. The maximum absolute atomic E-state index is 5.39. The Kier molecular flexibility index (Phi) is 6.49. The van der Waals surface area contributed by atoms with Gasteiger partial charge in [-0.2, -0.15) is 0 Å². The molecule has 0 unspecified atom stereocenters. The summed E-state index contributed by atoms with van der Waals surface area (Å²) in [4.78, 5) is 4.49. The standard InChI is InChI=1S/C19H23NO4/c1-21-16-9-8-14(12-18(16)23-3)10-11-20-13-15-6-5-7-17(22-2)19(15)24-4/h5-9,12-13H,10-11H2,1-4H3. The van der Waals surface area contributed by atoms with E-state index in [0.717, 1.165) is 29.0 Å². The molecule has 2 aromatic rings. The first-order chi connectivity index (χ1) is 11.7. The summed E-state index contributed by atoms with van der Waals surface area (Å²) in [6, 6.07) is 11.6. The van der Waals surface area contributed by atoms with Gasteiger partial charge in [-0.25, -0.2) is 0 Å². The monoisotopic (exact) mass is 329 g/mol. The van der Waals surface area contributed by atoms with Gasteiger partial charge in [0.05, 0.1) is 28.4 Å². The Labute approximate surface area is 142 Å². The molecule has 24 heavy (non-hydrogen) atoms. The van der Waals surface area contributed by atoms with Crippen LogP contribution in [0, 0.1) is 0 Å². The van der Waals surface area contributed by atoms with E-state index in [9.17, 15) is 0 Å². The van der Waals surface area contributed by atoms with E-state index >= 15 is 0 Å². The van der Waals surface area contributed by atoms with Crippen LogP contribution in [-0.2, 0) is 6.42 Å². The van der Waals surface area contributed by atoms with Crippen LogP contribution in [0.5, 0.6) is 23.0 Å². The average Bonchev–Trinajstić information content (AvgIpc) is 2.64. The van der Waals surface area contributed by atoms with Gasteiger partial charge in [-0.05, 0) is 36.2 Å². The molecule has 5 nitrogen and oxygen atoms in total. The van der Waals surface area contributed by atoms with Crippen molar-refractivity contribution in [1.82, 2.24) is 0 Å². The summed E-state index contributed by atoms with van der Waals surface area (Å²) < 4.78 is 21.2. The molecular weight excluding hydrogens is 306 g/mol. The predicted octanol–water partition coefficient (Wildman–Crippen LogP) is 3.38. The minimum absolute atomic E-state index is 0.663. The second kappa shape index (κ2) is 8.82. The lowest BCUT2D eigenvalue weighted by molar-refractivity contribution is 0.354. The molecule has 2 aromatic carbocycles. The number of ether oxygens (including phenoxy) is 4. The van der Waals surface area contributed by atoms with Crippen molar-refractivity contribution in [2.75, 3.05) is 35.0 Å². The molecule has 0 N–H and O–H groups in total. The lowest BCUT2D eigenvalue weighted by atomic mass is 10.1. The molecule has 0 aliphatic carbocycles. The SMILES string of the molecule is COc1ccc(CCN=Cc2cccc(OC)c2OC)cc1OC. The van der Waals surface area contributed by atoms with Gasteiger partial charge in [0.2, 0.25) is 0 Å². The topological polar surface area (TPSA) is 49.3 Å². The second-order valence-corrected chi connectivity index (χ2v) is 5.06. The highest BCUT2D eigenvalue weighted by Crippen LogP contribution is 2.29. The van der Waals surface area contributed by atoms with Crippen LogP contribution in [0.1, 0.15) is 11.1 Å². The van der Waals surface area contributed by atoms with E-state index in [1.54, 1.807) is 28.4 Å². The number of para-hydroxylation sites is 1. The maximum atomic E-state index is 5.39. The Balaban J connectivity index is 2.03. The van der Waals surface area contributed by atoms with Crippen LogP contribution in [0.4, 0.5) is 0 Å². The van der Waals surface area contributed by atoms with Gasteiger partial charge < -0.3 is 18.9 Å². The third kappa shape index (κ3) is 4.19. The predicted molar refractivity (Wildman–Crippen MR) is 95.3 cm³/mol. The zero-order chi connectivity index (χ0) is 17.4. The molecule has 0 atom stereocenters. The van der Waals surface area contributed by atoms with Crippen LogP contribution in [0.3, 0.4) is 0 Å².